The molecule has 1 fully saturated rings. The van der Waals surface area contributed by atoms with Crippen LogP contribution in [0.25, 0.3) is 0 Å². The van der Waals surface area contributed by atoms with Crippen LogP contribution < -0.4 is 5.32 Å². The summed E-state index contributed by atoms with van der Waals surface area (Å²) >= 11 is 0. The third-order valence-corrected chi connectivity index (χ3v) is 3.40. The molecule has 1 heterocycles. The smallest absolute Gasteiger partial charge is 0.309 e. The number of carbonyl (C=O) groups is 2. The second-order valence-electron chi connectivity index (χ2n) is 4.93. The average Bonchev–Trinajstić information content (AvgIpc) is 2.41. The maximum Gasteiger partial charge on any atom is 0.309 e. The van der Waals surface area contributed by atoms with Gasteiger partial charge in [-0.15, -0.1) is 0 Å². The van der Waals surface area contributed by atoms with Crippen LogP contribution in [-0.2, 0) is 16.0 Å². The van der Waals surface area contributed by atoms with E-state index in [1.165, 1.54) is 12.6 Å². The maximum absolute atomic E-state index is 12.0. The molecule has 0 radical (unpaired) electrons. The number of anilines is 1. The van der Waals surface area contributed by atoms with Crippen LogP contribution in [0.2, 0.25) is 0 Å². The van der Waals surface area contributed by atoms with E-state index in [2.05, 4.69) is 10.3 Å². The lowest BCUT2D eigenvalue weighted by Crippen LogP contribution is -2.24. The molecule has 0 aliphatic heterocycles. The molecule has 102 valence electrons. The Labute approximate surface area is 112 Å². The highest BCUT2D eigenvalue weighted by molar-refractivity contribution is 5.92. The number of carboxylic acids is 1. The maximum atomic E-state index is 12.0. The molecule has 0 spiro atoms. The molecule has 1 aliphatic rings. The second-order valence-corrected chi connectivity index (χ2v) is 4.93. The number of aliphatic carboxylic acids is 1. The van der Waals surface area contributed by atoms with Crippen molar-refractivity contribution in [3.63, 3.8) is 0 Å². The van der Waals surface area contributed by atoms with E-state index in [4.69, 9.17) is 5.11 Å². The normalized spacial score (nSPS) is 16.0. The van der Waals surface area contributed by atoms with Crippen LogP contribution >= 0.6 is 0 Å². The number of pyridine rings is 1. The van der Waals surface area contributed by atoms with E-state index < -0.39 is 5.97 Å². The zero-order valence-electron chi connectivity index (χ0n) is 10.8. The van der Waals surface area contributed by atoms with Crippen LogP contribution in [0.4, 0.5) is 5.69 Å². The summed E-state index contributed by atoms with van der Waals surface area (Å²) in [5, 5.41) is 11.5. The Bertz CT molecular complexity index is 450. The van der Waals surface area contributed by atoms with Crippen LogP contribution in [0.5, 0.6) is 0 Å². The van der Waals surface area contributed by atoms with E-state index >= 15 is 0 Å². The largest absolute Gasteiger partial charge is 0.481 e. The molecule has 1 aromatic rings. The van der Waals surface area contributed by atoms with Crippen molar-refractivity contribution in [3.05, 3.63) is 24.0 Å². The van der Waals surface area contributed by atoms with E-state index in [-0.39, 0.29) is 18.2 Å². The molecule has 5 heteroatoms. The van der Waals surface area contributed by atoms with Crippen molar-refractivity contribution in [1.82, 2.24) is 4.98 Å². The Hall–Kier alpha value is -1.91. The summed E-state index contributed by atoms with van der Waals surface area (Å²) in [6.45, 7) is 0. The molecule has 1 aliphatic carbocycles. The van der Waals surface area contributed by atoms with Gasteiger partial charge in [0.15, 0.2) is 0 Å². The fourth-order valence-electron chi connectivity index (χ4n) is 2.37. The van der Waals surface area contributed by atoms with Gasteiger partial charge >= 0.3 is 5.97 Å². The number of nitrogens with zero attached hydrogens (tertiary/aromatic N) is 1. The molecule has 0 unspecified atom stereocenters. The molecule has 1 saturated carbocycles. The molecule has 1 amide bonds. The van der Waals surface area contributed by atoms with Crippen molar-refractivity contribution in [3.8, 4) is 0 Å². The minimum absolute atomic E-state index is 0.0486. The van der Waals surface area contributed by atoms with Gasteiger partial charge in [0.1, 0.15) is 0 Å². The van der Waals surface area contributed by atoms with Gasteiger partial charge in [-0.25, -0.2) is 0 Å². The van der Waals surface area contributed by atoms with E-state index in [0.29, 0.717) is 11.4 Å². The molecule has 0 atom stereocenters. The third-order valence-electron chi connectivity index (χ3n) is 3.40. The monoisotopic (exact) mass is 262 g/mol. The van der Waals surface area contributed by atoms with Crippen molar-refractivity contribution in [2.75, 3.05) is 5.32 Å². The van der Waals surface area contributed by atoms with E-state index in [1.807, 2.05) is 0 Å². The molecule has 0 saturated heterocycles. The predicted molar refractivity (Wildman–Crippen MR) is 70.8 cm³/mol. The van der Waals surface area contributed by atoms with Crippen molar-refractivity contribution in [2.24, 2.45) is 5.92 Å². The first-order chi connectivity index (χ1) is 9.15. The summed E-state index contributed by atoms with van der Waals surface area (Å²) in [5.41, 5.74) is 1.12. The minimum atomic E-state index is -0.911. The van der Waals surface area contributed by atoms with Gasteiger partial charge in [-0.3, -0.25) is 14.6 Å². The quantitative estimate of drug-likeness (QED) is 0.872. The number of carboxylic acid groups (broad SMARTS) is 1. The van der Waals surface area contributed by atoms with Crippen molar-refractivity contribution >= 4 is 17.6 Å². The standard InChI is InChI=1S/C14H18N2O3/c17-13(18)8-11-6-7-12(9-15-11)16-14(19)10-4-2-1-3-5-10/h6-7,9-10H,1-5,8H2,(H,16,19)(H,17,18). The van der Waals surface area contributed by atoms with Gasteiger partial charge < -0.3 is 10.4 Å². The molecule has 19 heavy (non-hydrogen) atoms. The number of hydrogen-bond acceptors (Lipinski definition) is 3. The fourth-order valence-corrected chi connectivity index (χ4v) is 2.37. The first kappa shape index (κ1) is 13.5. The fraction of sp³-hybridized carbons (Fsp3) is 0.500. The molecule has 2 rings (SSSR count). The van der Waals surface area contributed by atoms with Crippen LogP contribution in [0.1, 0.15) is 37.8 Å². The topological polar surface area (TPSA) is 79.3 Å². The number of carbonyl (C=O) groups excluding carboxylic acids is 1. The molecule has 0 bridgehead atoms. The van der Waals surface area contributed by atoms with Gasteiger partial charge in [0.2, 0.25) is 5.91 Å². The number of aromatic nitrogens is 1. The Morgan fingerprint density at radius 3 is 2.58 bits per heavy atom. The van der Waals surface area contributed by atoms with Gasteiger partial charge in [0.25, 0.3) is 0 Å². The van der Waals surface area contributed by atoms with E-state index in [0.717, 1.165) is 25.7 Å². The number of rotatable bonds is 4. The van der Waals surface area contributed by atoms with E-state index in [1.54, 1.807) is 12.1 Å². The highest BCUT2D eigenvalue weighted by Gasteiger charge is 2.21. The summed E-state index contributed by atoms with van der Waals surface area (Å²) in [7, 11) is 0. The van der Waals surface area contributed by atoms with Crippen LogP contribution in [0.3, 0.4) is 0 Å². The van der Waals surface area contributed by atoms with Gasteiger partial charge in [0.05, 0.1) is 24.0 Å². The number of amides is 1. The summed E-state index contributed by atoms with van der Waals surface area (Å²) in [6, 6.07) is 3.33. The summed E-state index contributed by atoms with van der Waals surface area (Å²) in [6.07, 6.45) is 6.78. The van der Waals surface area contributed by atoms with Crippen molar-refractivity contribution in [1.29, 1.82) is 0 Å². The molecule has 0 aromatic carbocycles. The average molecular weight is 262 g/mol. The third kappa shape index (κ3) is 4.05. The van der Waals surface area contributed by atoms with Crippen LogP contribution in [-0.4, -0.2) is 22.0 Å². The Morgan fingerprint density at radius 2 is 2.00 bits per heavy atom. The predicted octanol–water partition coefficient (Wildman–Crippen LogP) is 2.23. The Balaban J connectivity index is 1.91. The van der Waals surface area contributed by atoms with Gasteiger partial charge in [-0.05, 0) is 25.0 Å². The molecular formula is C14H18N2O3. The molecule has 2 N–H and O–H groups in total. The SMILES string of the molecule is O=C(O)Cc1ccc(NC(=O)C2CCCCC2)cn1. The van der Waals surface area contributed by atoms with Crippen LogP contribution in [0.15, 0.2) is 18.3 Å². The highest BCUT2D eigenvalue weighted by atomic mass is 16.4. The Kier molecular flexibility index (Phi) is 4.49. The molecular weight excluding hydrogens is 244 g/mol. The van der Waals surface area contributed by atoms with Gasteiger partial charge in [-0.2, -0.15) is 0 Å². The van der Waals surface area contributed by atoms with E-state index in [9.17, 15) is 9.59 Å². The molecule has 5 nitrogen and oxygen atoms in total. The van der Waals surface area contributed by atoms with Crippen molar-refractivity contribution < 1.29 is 14.7 Å². The first-order valence-corrected chi connectivity index (χ1v) is 6.63. The lowest BCUT2D eigenvalue weighted by Gasteiger charge is -2.20. The second kappa shape index (κ2) is 6.31. The number of nitrogens with one attached hydrogen (secondary N) is 1. The minimum Gasteiger partial charge on any atom is -0.481 e. The first-order valence-electron chi connectivity index (χ1n) is 6.63. The summed E-state index contributed by atoms with van der Waals surface area (Å²) in [5.74, 6) is -0.758. The molecule has 1 aromatic heterocycles. The van der Waals surface area contributed by atoms with Gasteiger partial charge in [-0.1, -0.05) is 19.3 Å². The lowest BCUT2D eigenvalue weighted by molar-refractivity contribution is -0.136. The zero-order chi connectivity index (χ0) is 13.7. The van der Waals surface area contributed by atoms with Crippen molar-refractivity contribution in [2.45, 2.75) is 38.5 Å². The van der Waals surface area contributed by atoms with Gasteiger partial charge in [0, 0.05) is 5.92 Å². The Morgan fingerprint density at radius 1 is 1.26 bits per heavy atom. The summed E-state index contributed by atoms with van der Waals surface area (Å²) in [4.78, 5) is 26.5. The highest BCUT2D eigenvalue weighted by Crippen LogP contribution is 2.24. The zero-order valence-corrected chi connectivity index (χ0v) is 10.8. The van der Waals surface area contributed by atoms with Crippen LogP contribution in [0, 0.1) is 5.92 Å². The number of hydrogen-bond donors (Lipinski definition) is 2. The summed E-state index contributed by atoms with van der Waals surface area (Å²) < 4.78 is 0. The lowest BCUT2D eigenvalue weighted by atomic mass is 9.88.